The summed E-state index contributed by atoms with van der Waals surface area (Å²) in [6.07, 6.45) is 4.88. The maximum atomic E-state index is 6.35. The van der Waals surface area contributed by atoms with Crippen molar-refractivity contribution in [1.82, 2.24) is 0 Å². The Labute approximate surface area is 159 Å². The van der Waals surface area contributed by atoms with Gasteiger partial charge in [-0.2, -0.15) is 0 Å². The van der Waals surface area contributed by atoms with E-state index in [1.807, 2.05) is 0 Å². The molecule has 132 valence electrons. The van der Waals surface area contributed by atoms with Gasteiger partial charge in [-0.05, 0) is 28.6 Å². The second-order valence-corrected chi connectivity index (χ2v) is 7.63. The van der Waals surface area contributed by atoms with Crippen LogP contribution in [0, 0.1) is 0 Å². The van der Waals surface area contributed by atoms with Gasteiger partial charge in [0.25, 0.3) is 0 Å². The Kier molecular flexibility index (Phi) is 5.21. The molecule has 3 aromatic carbocycles. The van der Waals surface area contributed by atoms with E-state index in [1.165, 1.54) is 51.2 Å². The molecule has 4 aromatic rings. The molecule has 0 aliphatic heterocycles. The first-order chi connectivity index (χ1) is 12.9. The lowest BCUT2D eigenvalue weighted by Crippen LogP contribution is -1.99. The average molecular weight is 361 g/mol. The van der Waals surface area contributed by atoms with Crippen molar-refractivity contribution in [3.05, 3.63) is 66.0 Å². The van der Waals surface area contributed by atoms with Gasteiger partial charge in [0.2, 0.25) is 0 Å². The van der Waals surface area contributed by atoms with Gasteiger partial charge >= 0.3 is 0 Å². The molecule has 0 aliphatic rings. The summed E-state index contributed by atoms with van der Waals surface area (Å²) in [5.41, 5.74) is 1.32. The van der Waals surface area contributed by atoms with E-state index in [1.54, 1.807) is 11.3 Å². The Morgan fingerprint density at radius 2 is 1.38 bits per heavy atom. The minimum atomic E-state index is 0.784. The van der Waals surface area contributed by atoms with Crippen molar-refractivity contribution in [2.45, 2.75) is 32.6 Å². The number of unbranched alkanes of at least 4 members (excludes halogenated alkanes) is 3. The van der Waals surface area contributed by atoms with Crippen molar-refractivity contribution in [1.29, 1.82) is 0 Å². The summed E-state index contributed by atoms with van der Waals surface area (Å²) < 4.78 is 6.35. The zero-order valence-electron chi connectivity index (χ0n) is 15.2. The van der Waals surface area contributed by atoms with Crippen molar-refractivity contribution < 1.29 is 4.74 Å². The van der Waals surface area contributed by atoms with Crippen molar-refractivity contribution in [3.8, 4) is 16.2 Å². The lowest BCUT2D eigenvalue weighted by Gasteiger charge is -2.17. The van der Waals surface area contributed by atoms with E-state index < -0.39 is 0 Å². The third kappa shape index (κ3) is 3.22. The Morgan fingerprint density at radius 3 is 1.96 bits per heavy atom. The van der Waals surface area contributed by atoms with E-state index in [2.05, 4.69) is 73.0 Å². The normalized spacial score (nSPS) is 11.3. The third-order valence-corrected chi connectivity index (χ3v) is 5.78. The van der Waals surface area contributed by atoms with Crippen LogP contribution in [0.3, 0.4) is 0 Å². The summed E-state index contributed by atoms with van der Waals surface area (Å²) in [7, 11) is 0. The monoisotopic (exact) mass is 360 g/mol. The molecule has 0 bridgehead atoms. The van der Waals surface area contributed by atoms with Crippen molar-refractivity contribution >= 4 is 32.9 Å². The Hall–Kier alpha value is -2.32. The van der Waals surface area contributed by atoms with E-state index in [0.29, 0.717) is 0 Å². The first kappa shape index (κ1) is 17.1. The van der Waals surface area contributed by atoms with Crippen LogP contribution in [0.4, 0.5) is 0 Å². The molecule has 1 heterocycles. The van der Waals surface area contributed by atoms with Crippen LogP contribution in [0.15, 0.2) is 66.0 Å². The van der Waals surface area contributed by atoms with Crippen LogP contribution in [0.1, 0.15) is 32.6 Å². The Morgan fingerprint density at radius 1 is 0.731 bits per heavy atom. The standard InChI is InChI=1S/C24H24OS/c1-2-3-4-9-16-25-24-20-13-7-5-11-18(20)23(22-15-10-17-26-22)19-12-6-8-14-21(19)24/h5-8,10-15,17H,2-4,9,16H2,1H3. The molecule has 1 aromatic heterocycles. The molecule has 0 amide bonds. The maximum absolute atomic E-state index is 6.35. The first-order valence-electron chi connectivity index (χ1n) is 9.50. The molecule has 0 unspecified atom stereocenters. The van der Waals surface area contributed by atoms with Gasteiger partial charge in [-0.1, -0.05) is 80.8 Å². The van der Waals surface area contributed by atoms with Gasteiger partial charge in [0.1, 0.15) is 5.75 Å². The highest BCUT2D eigenvalue weighted by molar-refractivity contribution is 7.13. The van der Waals surface area contributed by atoms with Crippen LogP contribution in [-0.2, 0) is 0 Å². The molecule has 0 saturated heterocycles. The van der Waals surface area contributed by atoms with Gasteiger partial charge in [0.15, 0.2) is 0 Å². The predicted octanol–water partition coefficient (Wildman–Crippen LogP) is 7.68. The smallest absolute Gasteiger partial charge is 0.134 e. The molecule has 1 nitrogen and oxygen atoms in total. The van der Waals surface area contributed by atoms with Gasteiger partial charge in [0, 0.05) is 21.2 Å². The van der Waals surface area contributed by atoms with Crippen LogP contribution >= 0.6 is 11.3 Å². The second kappa shape index (κ2) is 7.92. The fourth-order valence-corrected chi connectivity index (χ4v) is 4.43. The number of hydrogen-bond acceptors (Lipinski definition) is 2. The topological polar surface area (TPSA) is 9.23 Å². The molecular formula is C24H24OS. The summed E-state index contributed by atoms with van der Waals surface area (Å²) in [6, 6.07) is 21.6. The molecule has 0 aliphatic carbocycles. The quantitative estimate of drug-likeness (QED) is 0.242. The van der Waals surface area contributed by atoms with Crippen LogP contribution in [0.5, 0.6) is 5.75 Å². The summed E-state index contributed by atoms with van der Waals surface area (Å²) >= 11 is 1.80. The molecular weight excluding hydrogens is 336 g/mol. The Bertz CT molecular complexity index is 945. The summed E-state index contributed by atoms with van der Waals surface area (Å²) in [5, 5.41) is 7.13. The fourth-order valence-electron chi connectivity index (χ4n) is 3.63. The summed E-state index contributed by atoms with van der Waals surface area (Å²) in [6.45, 7) is 3.03. The number of fused-ring (bicyclic) bond motifs is 2. The summed E-state index contributed by atoms with van der Waals surface area (Å²) in [4.78, 5) is 1.31. The largest absolute Gasteiger partial charge is 0.492 e. The van der Waals surface area contributed by atoms with E-state index >= 15 is 0 Å². The van der Waals surface area contributed by atoms with Gasteiger partial charge < -0.3 is 4.74 Å². The second-order valence-electron chi connectivity index (χ2n) is 6.68. The van der Waals surface area contributed by atoms with Crippen LogP contribution < -0.4 is 4.74 Å². The SMILES string of the molecule is CCCCCCOc1c2ccccc2c(-c2cccs2)c2ccccc12. The fraction of sp³-hybridized carbons (Fsp3) is 0.250. The third-order valence-electron chi connectivity index (χ3n) is 4.89. The molecule has 0 fully saturated rings. The van der Waals surface area contributed by atoms with Crippen molar-refractivity contribution in [2.24, 2.45) is 0 Å². The van der Waals surface area contributed by atoms with Crippen LogP contribution in [0.25, 0.3) is 32.0 Å². The van der Waals surface area contributed by atoms with E-state index in [0.717, 1.165) is 18.8 Å². The molecule has 26 heavy (non-hydrogen) atoms. The minimum absolute atomic E-state index is 0.784. The van der Waals surface area contributed by atoms with Gasteiger partial charge in [-0.25, -0.2) is 0 Å². The number of benzene rings is 3. The van der Waals surface area contributed by atoms with E-state index in [9.17, 15) is 0 Å². The highest BCUT2D eigenvalue weighted by Crippen LogP contribution is 2.44. The van der Waals surface area contributed by atoms with Gasteiger partial charge in [-0.3, -0.25) is 0 Å². The van der Waals surface area contributed by atoms with Gasteiger partial charge in [-0.15, -0.1) is 11.3 Å². The van der Waals surface area contributed by atoms with Crippen molar-refractivity contribution in [2.75, 3.05) is 6.61 Å². The zero-order valence-corrected chi connectivity index (χ0v) is 16.0. The number of hydrogen-bond donors (Lipinski definition) is 0. The molecule has 0 atom stereocenters. The summed E-state index contributed by atoms with van der Waals surface area (Å²) in [5.74, 6) is 1.04. The number of rotatable bonds is 7. The highest BCUT2D eigenvalue weighted by atomic mass is 32.1. The highest BCUT2D eigenvalue weighted by Gasteiger charge is 2.16. The predicted molar refractivity (Wildman–Crippen MR) is 114 cm³/mol. The van der Waals surface area contributed by atoms with Gasteiger partial charge in [0.05, 0.1) is 6.61 Å². The lowest BCUT2D eigenvalue weighted by molar-refractivity contribution is 0.312. The van der Waals surface area contributed by atoms with Crippen LogP contribution in [-0.4, -0.2) is 6.61 Å². The molecule has 0 saturated carbocycles. The molecule has 0 radical (unpaired) electrons. The van der Waals surface area contributed by atoms with Crippen LogP contribution in [0.2, 0.25) is 0 Å². The zero-order chi connectivity index (χ0) is 17.8. The number of ether oxygens (including phenoxy) is 1. The minimum Gasteiger partial charge on any atom is -0.492 e. The lowest BCUT2D eigenvalue weighted by atomic mass is 9.94. The average Bonchev–Trinajstić information content (AvgIpc) is 3.21. The molecule has 0 N–H and O–H groups in total. The Balaban J connectivity index is 1.87. The van der Waals surface area contributed by atoms with E-state index in [4.69, 9.17) is 4.74 Å². The molecule has 4 rings (SSSR count). The maximum Gasteiger partial charge on any atom is 0.134 e. The molecule has 2 heteroatoms. The molecule has 0 spiro atoms. The first-order valence-corrected chi connectivity index (χ1v) is 10.4. The number of thiophene rings is 1. The van der Waals surface area contributed by atoms with Crippen molar-refractivity contribution in [3.63, 3.8) is 0 Å². The van der Waals surface area contributed by atoms with E-state index in [-0.39, 0.29) is 0 Å².